The lowest BCUT2D eigenvalue weighted by atomic mass is 9.97. The first kappa shape index (κ1) is 15.5. The summed E-state index contributed by atoms with van der Waals surface area (Å²) in [5, 5.41) is 0. The number of rotatable bonds is 7. The van der Waals surface area contributed by atoms with Gasteiger partial charge in [0.2, 0.25) is 0 Å². The van der Waals surface area contributed by atoms with Crippen molar-refractivity contribution in [3.05, 3.63) is 35.9 Å². The van der Waals surface area contributed by atoms with E-state index >= 15 is 0 Å². The molecule has 1 fully saturated rings. The van der Waals surface area contributed by atoms with Crippen LogP contribution in [0.4, 0.5) is 0 Å². The number of hydrogen-bond acceptors (Lipinski definition) is 3. The van der Waals surface area contributed by atoms with Gasteiger partial charge in [-0.3, -0.25) is 0 Å². The Morgan fingerprint density at radius 2 is 1.95 bits per heavy atom. The number of methoxy groups -OCH3 is 1. The van der Waals surface area contributed by atoms with Crippen LogP contribution in [0.15, 0.2) is 30.3 Å². The van der Waals surface area contributed by atoms with E-state index in [0.29, 0.717) is 0 Å². The number of hydrogen-bond donors (Lipinski definition) is 1. The van der Waals surface area contributed by atoms with Crippen LogP contribution in [0.25, 0.3) is 0 Å². The molecule has 0 bridgehead atoms. The molecular weight excluding hydrogens is 248 g/mol. The maximum atomic E-state index is 6.28. The van der Waals surface area contributed by atoms with Crippen LogP contribution in [0.1, 0.15) is 24.8 Å². The van der Waals surface area contributed by atoms with Crippen molar-refractivity contribution in [1.82, 2.24) is 4.90 Å². The Labute approximate surface area is 123 Å². The van der Waals surface area contributed by atoms with Gasteiger partial charge in [0.1, 0.15) is 0 Å². The van der Waals surface area contributed by atoms with Crippen molar-refractivity contribution in [3.63, 3.8) is 0 Å². The summed E-state index contributed by atoms with van der Waals surface area (Å²) in [6.45, 7) is 4.29. The van der Waals surface area contributed by atoms with E-state index in [1.54, 1.807) is 7.11 Å². The number of nitrogens with two attached hydrogens (primary N) is 1. The molecule has 20 heavy (non-hydrogen) atoms. The predicted octanol–water partition coefficient (Wildman–Crippen LogP) is 2.30. The summed E-state index contributed by atoms with van der Waals surface area (Å²) in [4.78, 5) is 2.52. The van der Waals surface area contributed by atoms with Crippen molar-refractivity contribution < 1.29 is 4.74 Å². The van der Waals surface area contributed by atoms with Crippen LogP contribution in [0.2, 0.25) is 0 Å². The van der Waals surface area contributed by atoms with Crippen LogP contribution < -0.4 is 5.73 Å². The van der Waals surface area contributed by atoms with E-state index in [4.69, 9.17) is 10.5 Å². The van der Waals surface area contributed by atoms with Crippen molar-refractivity contribution in [2.24, 2.45) is 11.7 Å². The Bertz CT molecular complexity index is 361. The minimum atomic E-state index is 0.286. The summed E-state index contributed by atoms with van der Waals surface area (Å²) in [5.74, 6) is 0.747. The number of likely N-dealkylation sites (tertiary alicyclic amines) is 1. The fourth-order valence-electron chi connectivity index (χ4n) is 2.99. The average Bonchev–Trinajstić information content (AvgIpc) is 2.49. The lowest BCUT2D eigenvalue weighted by molar-refractivity contribution is 0.0967. The molecule has 1 aromatic rings. The summed E-state index contributed by atoms with van der Waals surface area (Å²) in [7, 11) is 1.80. The maximum absolute atomic E-state index is 6.28. The lowest BCUT2D eigenvalue weighted by Gasteiger charge is -2.33. The standard InChI is InChI=1S/C17H28N2O/c1-20-14-16-9-11-19(12-10-16)13-17(18)8-7-15-5-3-2-4-6-15/h2-6,16-17H,7-14,18H2,1H3. The molecule has 0 aliphatic carbocycles. The highest BCUT2D eigenvalue weighted by molar-refractivity contribution is 5.14. The molecule has 1 aromatic carbocycles. The van der Waals surface area contributed by atoms with E-state index in [1.165, 1.54) is 31.5 Å². The van der Waals surface area contributed by atoms with Crippen LogP contribution in [-0.2, 0) is 11.2 Å². The van der Waals surface area contributed by atoms with E-state index in [2.05, 4.69) is 35.2 Å². The highest BCUT2D eigenvalue weighted by Gasteiger charge is 2.20. The predicted molar refractivity (Wildman–Crippen MR) is 83.8 cm³/mol. The molecule has 0 radical (unpaired) electrons. The zero-order valence-electron chi connectivity index (χ0n) is 12.6. The van der Waals surface area contributed by atoms with Crippen LogP contribution in [-0.4, -0.2) is 44.3 Å². The van der Waals surface area contributed by atoms with Gasteiger partial charge >= 0.3 is 0 Å². The van der Waals surface area contributed by atoms with Crippen LogP contribution in [0, 0.1) is 5.92 Å². The second-order valence-corrected chi connectivity index (χ2v) is 5.98. The normalized spacial score (nSPS) is 19.1. The first-order chi connectivity index (χ1) is 9.78. The molecule has 0 amide bonds. The van der Waals surface area contributed by atoms with Gasteiger partial charge in [-0.05, 0) is 50.3 Å². The highest BCUT2D eigenvalue weighted by atomic mass is 16.5. The first-order valence-corrected chi connectivity index (χ1v) is 7.78. The molecule has 0 spiro atoms. The molecule has 1 atom stereocenters. The third-order valence-corrected chi connectivity index (χ3v) is 4.25. The van der Waals surface area contributed by atoms with Crippen molar-refractivity contribution in [1.29, 1.82) is 0 Å². The Kier molecular flexibility index (Phi) is 6.51. The quantitative estimate of drug-likeness (QED) is 0.830. The van der Waals surface area contributed by atoms with Gasteiger partial charge in [-0.25, -0.2) is 0 Å². The van der Waals surface area contributed by atoms with Gasteiger partial charge in [-0.2, -0.15) is 0 Å². The molecule has 0 saturated carbocycles. The molecule has 1 saturated heterocycles. The number of nitrogens with zero attached hydrogens (tertiary/aromatic N) is 1. The second-order valence-electron chi connectivity index (χ2n) is 5.98. The summed E-state index contributed by atoms with van der Waals surface area (Å²) >= 11 is 0. The summed E-state index contributed by atoms with van der Waals surface area (Å²) < 4.78 is 5.24. The van der Waals surface area contributed by atoms with Crippen molar-refractivity contribution in [2.45, 2.75) is 31.7 Å². The smallest absolute Gasteiger partial charge is 0.0491 e. The Morgan fingerprint density at radius 3 is 2.60 bits per heavy atom. The SMILES string of the molecule is COCC1CCN(CC(N)CCc2ccccc2)CC1. The average molecular weight is 276 g/mol. The molecule has 112 valence electrons. The molecule has 2 rings (SSSR count). The summed E-state index contributed by atoms with van der Waals surface area (Å²) in [5.41, 5.74) is 7.67. The minimum absolute atomic E-state index is 0.286. The number of ether oxygens (including phenoxy) is 1. The Hall–Kier alpha value is -0.900. The molecule has 3 heteroatoms. The van der Waals surface area contributed by atoms with Crippen LogP contribution >= 0.6 is 0 Å². The van der Waals surface area contributed by atoms with E-state index in [1.807, 2.05) is 0 Å². The Morgan fingerprint density at radius 1 is 1.25 bits per heavy atom. The monoisotopic (exact) mass is 276 g/mol. The van der Waals surface area contributed by atoms with Gasteiger partial charge in [-0.1, -0.05) is 30.3 Å². The van der Waals surface area contributed by atoms with E-state index in [9.17, 15) is 0 Å². The minimum Gasteiger partial charge on any atom is -0.384 e. The molecule has 0 aromatic heterocycles. The third kappa shape index (κ3) is 5.23. The highest BCUT2D eigenvalue weighted by Crippen LogP contribution is 2.17. The molecule has 1 aliphatic heterocycles. The number of aryl methyl sites for hydroxylation is 1. The van der Waals surface area contributed by atoms with Crippen LogP contribution in [0.5, 0.6) is 0 Å². The molecule has 1 heterocycles. The van der Waals surface area contributed by atoms with E-state index in [-0.39, 0.29) is 6.04 Å². The number of piperidine rings is 1. The summed E-state index contributed by atoms with van der Waals surface area (Å²) in [6.07, 6.45) is 4.66. The summed E-state index contributed by atoms with van der Waals surface area (Å²) in [6, 6.07) is 10.9. The van der Waals surface area contributed by atoms with Gasteiger partial charge < -0.3 is 15.4 Å². The second kappa shape index (κ2) is 8.40. The Balaban J connectivity index is 1.64. The van der Waals surface area contributed by atoms with E-state index in [0.717, 1.165) is 31.9 Å². The zero-order chi connectivity index (χ0) is 14.2. The molecule has 3 nitrogen and oxygen atoms in total. The van der Waals surface area contributed by atoms with Gasteiger partial charge in [0.05, 0.1) is 0 Å². The molecular formula is C17H28N2O. The van der Waals surface area contributed by atoms with Crippen LogP contribution in [0.3, 0.4) is 0 Å². The van der Waals surface area contributed by atoms with Gasteiger partial charge in [0, 0.05) is 26.3 Å². The van der Waals surface area contributed by atoms with Crippen molar-refractivity contribution in [2.75, 3.05) is 33.4 Å². The molecule has 1 aliphatic rings. The van der Waals surface area contributed by atoms with Crippen molar-refractivity contribution >= 4 is 0 Å². The van der Waals surface area contributed by atoms with Crippen molar-refractivity contribution in [3.8, 4) is 0 Å². The zero-order valence-corrected chi connectivity index (χ0v) is 12.6. The lowest BCUT2D eigenvalue weighted by Crippen LogP contribution is -2.42. The van der Waals surface area contributed by atoms with Gasteiger partial charge in [-0.15, -0.1) is 0 Å². The fourth-order valence-corrected chi connectivity index (χ4v) is 2.99. The third-order valence-electron chi connectivity index (χ3n) is 4.25. The van der Waals surface area contributed by atoms with Gasteiger partial charge in [0.15, 0.2) is 0 Å². The van der Waals surface area contributed by atoms with E-state index < -0.39 is 0 Å². The topological polar surface area (TPSA) is 38.5 Å². The fraction of sp³-hybridized carbons (Fsp3) is 0.647. The molecule has 2 N–H and O–H groups in total. The number of benzene rings is 1. The van der Waals surface area contributed by atoms with Gasteiger partial charge in [0.25, 0.3) is 0 Å². The molecule has 1 unspecified atom stereocenters. The largest absolute Gasteiger partial charge is 0.384 e. The maximum Gasteiger partial charge on any atom is 0.0491 e. The first-order valence-electron chi connectivity index (χ1n) is 7.78.